The van der Waals surface area contributed by atoms with E-state index in [1.165, 1.54) is 0 Å². The molecule has 0 spiro atoms. The van der Waals surface area contributed by atoms with Crippen molar-refractivity contribution in [2.45, 2.75) is 20.3 Å². The summed E-state index contributed by atoms with van der Waals surface area (Å²) in [5, 5.41) is 0.669. The second-order valence-electron chi connectivity index (χ2n) is 3.23. The summed E-state index contributed by atoms with van der Waals surface area (Å²) in [6.07, 6.45) is 0.371. The van der Waals surface area contributed by atoms with E-state index in [0.29, 0.717) is 11.4 Å². The fourth-order valence-electron chi connectivity index (χ4n) is 1.36. The van der Waals surface area contributed by atoms with Gasteiger partial charge in [-0.25, -0.2) is 0 Å². The highest BCUT2D eigenvalue weighted by Crippen LogP contribution is 2.28. The maximum Gasteiger partial charge on any atom is 0.134 e. The third kappa shape index (κ3) is 2.26. The van der Waals surface area contributed by atoms with Gasteiger partial charge >= 0.3 is 0 Å². The van der Waals surface area contributed by atoms with Gasteiger partial charge in [0, 0.05) is 17.0 Å². The van der Waals surface area contributed by atoms with E-state index in [1.807, 2.05) is 6.92 Å². The van der Waals surface area contributed by atoms with Crippen LogP contribution in [0.1, 0.15) is 18.1 Å². The van der Waals surface area contributed by atoms with Crippen LogP contribution in [-0.4, -0.2) is 12.9 Å². The molecule has 14 heavy (non-hydrogen) atoms. The molecule has 0 amide bonds. The van der Waals surface area contributed by atoms with Crippen LogP contribution in [0.25, 0.3) is 0 Å². The van der Waals surface area contributed by atoms with Crippen molar-refractivity contribution in [3.63, 3.8) is 0 Å². The van der Waals surface area contributed by atoms with Crippen LogP contribution in [0.15, 0.2) is 12.1 Å². The van der Waals surface area contributed by atoms with Crippen LogP contribution >= 0.6 is 11.6 Å². The molecule has 0 unspecified atom stereocenters. The van der Waals surface area contributed by atoms with E-state index in [1.54, 1.807) is 26.2 Å². The van der Waals surface area contributed by atoms with Crippen LogP contribution in [0, 0.1) is 6.92 Å². The third-order valence-corrected chi connectivity index (χ3v) is 2.54. The molecular formula is C11H13ClO2. The first-order chi connectivity index (χ1) is 6.56. The number of carbonyl (C=O) groups is 1. The van der Waals surface area contributed by atoms with Gasteiger partial charge in [0.1, 0.15) is 11.5 Å². The Kier molecular flexibility index (Phi) is 3.53. The van der Waals surface area contributed by atoms with Crippen molar-refractivity contribution in [2.75, 3.05) is 7.11 Å². The van der Waals surface area contributed by atoms with Gasteiger partial charge in [0.25, 0.3) is 0 Å². The molecule has 76 valence electrons. The predicted octanol–water partition coefficient (Wildman–Crippen LogP) is 2.79. The Morgan fingerprint density at radius 3 is 2.64 bits per heavy atom. The fraction of sp³-hybridized carbons (Fsp3) is 0.364. The number of carbonyl (C=O) groups excluding carboxylic acids is 1. The highest BCUT2D eigenvalue weighted by atomic mass is 35.5. The molecule has 0 bridgehead atoms. The molecule has 0 heterocycles. The van der Waals surface area contributed by atoms with Crippen LogP contribution in [0.2, 0.25) is 5.02 Å². The highest BCUT2D eigenvalue weighted by molar-refractivity contribution is 6.31. The molecule has 1 rings (SSSR count). The lowest BCUT2D eigenvalue weighted by atomic mass is 10.0. The summed E-state index contributed by atoms with van der Waals surface area (Å²) >= 11 is 5.96. The summed E-state index contributed by atoms with van der Waals surface area (Å²) in [5.41, 5.74) is 1.80. The summed E-state index contributed by atoms with van der Waals surface area (Å²) in [6, 6.07) is 3.56. The van der Waals surface area contributed by atoms with E-state index >= 15 is 0 Å². The second-order valence-corrected chi connectivity index (χ2v) is 3.64. The minimum Gasteiger partial charge on any atom is -0.496 e. The van der Waals surface area contributed by atoms with Crippen molar-refractivity contribution in [1.29, 1.82) is 0 Å². The van der Waals surface area contributed by atoms with Gasteiger partial charge in [-0.2, -0.15) is 0 Å². The number of halogens is 1. The van der Waals surface area contributed by atoms with E-state index in [4.69, 9.17) is 16.3 Å². The monoisotopic (exact) mass is 212 g/mol. The Morgan fingerprint density at radius 1 is 1.50 bits per heavy atom. The molecule has 0 aromatic heterocycles. The zero-order chi connectivity index (χ0) is 10.7. The number of rotatable bonds is 3. The summed E-state index contributed by atoms with van der Waals surface area (Å²) in [6.45, 7) is 3.45. The van der Waals surface area contributed by atoms with E-state index in [-0.39, 0.29) is 5.78 Å². The summed E-state index contributed by atoms with van der Waals surface area (Å²) < 4.78 is 5.17. The SMILES string of the molecule is COc1ccc(Cl)c(C)c1CC(C)=O. The number of benzene rings is 1. The number of methoxy groups -OCH3 is 1. The maximum atomic E-state index is 11.0. The minimum absolute atomic E-state index is 0.105. The van der Waals surface area contributed by atoms with E-state index in [2.05, 4.69) is 0 Å². The molecule has 0 N–H and O–H groups in total. The third-order valence-electron chi connectivity index (χ3n) is 2.14. The molecule has 1 aromatic rings. The average molecular weight is 213 g/mol. The van der Waals surface area contributed by atoms with Crippen molar-refractivity contribution in [3.05, 3.63) is 28.3 Å². The standard InChI is InChI=1S/C11H13ClO2/c1-7(13)6-9-8(2)10(12)4-5-11(9)14-3/h4-5H,6H2,1-3H3. The van der Waals surface area contributed by atoms with Crippen molar-refractivity contribution >= 4 is 17.4 Å². The first-order valence-corrected chi connectivity index (χ1v) is 4.75. The topological polar surface area (TPSA) is 26.3 Å². The van der Waals surface area contributed by atoms with Crippen LogP contribution in [0.4, 0.5) is 0 Å². The van der Waals surface area contributed by atoms with Crippen LogP contribution < -0.4 is 4.74 Å². The average Bonchev–Trinajstić information content (AvgIpc) is 2.13. The number of ketones is 1. The van der Waals surface area contributed by atoms with Gasteiger partial charge in [-0.15, -0.1) is 0 Å². The Bertz CT molecular complexity index is 359. The summed E-state index contributed by atoms with van der Waals surface area (Å²) in [4.78, 5) is 11.0. The zero-order valence-electron chi connectivity index (χ0n) is 8.56. The van der Waals surface area contributed by atoms with Crippen molar-refractivity contribution in [3.8, 4) is 5.75 Å². The molecule has 0 aliphatic heterocycles. The molecule has 0 atom stereocenters. The minimum atomic E-state index is 0.105. The quantitative estimate of drug-likeness (QED) is 0.770. The van der Waals surface area contributed by atoms with E-state index in [0.717, 1.165) is 16.9 Å². The number of Topliss-reactive ketones (excluding diaryl/α,β-unsaturated/α-hetero) is 1. The summed E-state index contributed by atoms with van der Waals surface area (Å²) in [5.74, 6) is 0.829. The molecule has 0 saturated carbocycles. The Hall–Kier alpha value is -1.02. The Morgan fingerprint density at radius 2 is 2.14 bits per heavy atom. The number of hydrogen-bond donors (Lipinski definition) is 0. The van der Waals surface area contributed by atoms with Gasteiger partial charge in [-0.3, -0.25) is 4.79 Å². The molecule has 0 saturated heterocycles. The van der Waals surface area contributed by atoms with Gasteiger partial charge in [0.2, 0.25) is 0 Å². The Labute approximate surface area is 88.8 Å². The first kappa shape index (κ1) is 11.1. The van der Waals surface area contributed by atoms with Gasteiger partial charge in [-0.1, -0.05) is 11.6 Å². The second kappa shape index (κ2) is 4.47. The number of ether oxygens (including phenoxy) is 1. The van der Waals surface area contributed by atoms with Gasteiger partial charge in [0.15, 0.2) is 0 Å². The molecule has 0 fully saturated rings. The largest absolute Gasteiger partial charge is 0.496 e. The first-order valence-electron chi connectivity index (χ1n) is 4.37. The highest BCUT2D eigenvalue weighted by Gasteiger charge is 2.11. The molecule has 0 radical (unpaired) electrons. The predicted molar refractivity (Wildman–Crippen MR) is 57.1 cm³/mol. The fourth-order valence-corrected chi connectivity index (χ4v) is 1.54. The maximum absolute atomic E-state index is 11.0. The van der Waals surface area contributed by atoms with Gasteiger partial charge in [-0.05, 0) is 31.5 Å². The molecular weight excluding hydrogens is 200 g/mol. The normalized spacial score (nSPS) is 10.0. The lowest BCUT2D eigenvalue weighted by Gasteiger charge is -2.11. The van der Waals surface area contributed by atoms with Gasteiger partial charge in [0.05, 0.1) is 7.11 Å². The molecule has 2 nitrogen and oxygen atoms in total. The lowest BCUT2D eigenvalue weighted by molar-refractivity contribution is -0.116. The lowest BCUT2D eigenvalue weighted by Crippen LogP contribution is -2.02. The van der Waals surface area contributed by atoms with E-state index < -0.39 is 0 Å². The molecule has 1 aromatic carbocycles. The van der Waals surface area contributed by atoms with Crippen LogP contribution in [-0.2, 0) is 11.2 Å². The molecule has 0 aliphatic rings. The summed E-state index contributed by atoms with van der Waals surface area (Å²) in [7, 11) is 1.59. The molecule has 3 heteroatoms. The molecule has 0 aliphatic carbocycles. The van der Waals surface area contributed by atoms with Crippen molar-refractivity contribution in [1.82, 2.24) is 0 Å². The smallest absolute Gasteiger partial charge is 0.134 e. The number of hydrogen-bond acceptors (Lipinski definition) is 2. The van der Waals surface area contributed by atoms with E-state index in [9.17, 15) is 4.79 Å². The van der Waals surface area contributed by atoms with Crippen molar-refractivity contribution in [2.24, 2.45) is 0 Å². The Balaban J connectivity index is 3.20. The van der Waals surface area contributed by atoms with Gasteiger partial charge < -0.3 is 4.74 Å². The van der Waals surface area contributed by atoms with Crippen molar-refractivity contribution < 1.29 is 9.53 Å². The van der Waals surface area contributed by atoms with Crippen LogP contribution in [0.5, 0.6) is 5.75 Å². The van der Waals surface area contributed by atoms with Crippen LogP contribution in [0.3, 0.4) is 0 Å². The zero-order valence-corrected chi connectivity index (χ0v) is 9.31.